The third kappa shape index (κ3) is 4.14. The van der Waals surface area contributed by atoms with Crippen LogP contribution in [0.2, 0.25) is 5.02 Å². The smallest absolute Gasteiger partial charge is 0.261 e. The zero-order chi connectivity index (χ0) is 14.4. The molecule has 1 fully saturated rings. The average Bonchev–Trinajstić information content (AvgIpc) is 2.47. The minimum Gasteiger partial charge on any atom is -0.479 e. The van der Waals surface area contributed by atoms with Gasteiger partial charge in [-0.3, -0.25) is 4.79 Å². The van der Waals surface area contributed by atoms with Crippen molar-refractivity contribution in [3.63, 3.8) is 0 Å². The van der Waals surface area contributed by atoms with E-state index < -0.39 is 6.10 Å². The fraction of sp³-hybridized carbons (Fsp3) is 0.562. The Morgan fingerprint density at radius 1 is 1.35 bits per heavy atom. The first kappa shape index (κ1) is 15.2. The Morgan fingerprint density at radius 3 is 2.70 bits per heavy atom. The molecular weight excluding hydrogens is 274 g/mol. The number of halogens is 1. The number of amides is 1. The van der Waals surface area contributed by atoms with Crippen LogP contribution in [-0.4, -0.2) is 18.1 Å². The maximum atomic E-state index is 12.3. The number of para-hydroxylation sites is 1. The molecular formula is C16H22ClNO2. The van der Waals surface area contributed by atoms with Crippen LogP contribution in [-0.2, 0) is 4.79 Å². The summed E-state index contributed by atoms with van der Waals surface area (Å²) >= 11 is 6.07. The highest BCUT2D eigenvalue weighted by atomic mass is 35.5. The fourth-order valence-electron chi connectivity index (χ4n) is 2.56. The van der Waals surface area contributed by atoms with E-state index >= 15 is 0 Å². The molecule has 0 radical (unpaired) electrons. The number of ether oxygens (including phenoxy) is 1. The lowest BCUT2D eigenvalue weighted by Crippen LogP contribution is -2.44. The second-order valence-corrected chi connectivity index (χ2v) is 5.70. The van der Waals surface area contributed by atoms with E-state index in [4.69, 9.17) is 16.3 Å². The van der Waals surface area contributed by atoms with Crippen LogP contribution in [0.15, 0.2) is 24.3 Å². The van der Waals surface area contributed by atoms with Crippen LogP contribution < -0.4 is 10.1 Å². The first-order valence-electron chi connectivity index (χ1n) is 7.42. The van der Waals surface area contributed by atoms with E-state index in [9.17, 15) is 4.79 Å². The van der Waals surface area contributed by atoms with Gasteiger partial charge in [-0.1, -0.05) is 49.9 Å². The van der Waals surface area contributed by atoms with Crippen LogP contribution in [0.3, 0.4) is 0 Å². The van der Waals surface area contributed by atoms with Gasteiger partial charge in [-0.05, 0) is 31.4 Å². The van der Waals surface area contributed by atoms with Crippen LogP contribution in [0, 0.1) is 0 Å². The van der Waals surface area contributed by atoms with Gasteiger partial charge < -0.3 is 10.1 Å². The van der Waals surface area contributed by atoms with Crippen molar-refractivity contribution in [2.75, 3.05) is 0 Å². The van der Waals surface area contributed by atoms with E-state index in [2.05, 4.69) is 5.32 Å². The number of carbonyl (C=O) groups excluding carboxylic acids is 1. The lowest BCUT2D eigenvalue weighted by Gasteiger charge is -2.25. The molecule has 1 atom stereocenters. The van der Waals surface area contributed by atoms with Crippen molar-refractivity contribution < 1.29 is 9.53 Å². The highest BCUT2D eigenvalue weighted by Gasteiger charge is 2.23. The van der Waals surface area contributed by atoms with Gasteiger partial charge in [0.15, 0.2) is 6.10 Å². The van der Waals surface area contributed by atoms with E-state index in [1.165, 1.54) is 19.3 Å². The molecule has 3 nitrogen and oxygen atoms in total. The average molecular weight is 296 g/mol. The standard InChI is InChI=1S/C16H22ClNO2/c1-2-14(20-15-11-7-6-10-13(15)17)16(19)18-12-8-4-3-5-9-12/h6-7,10-12,14H,2-5,8-9H2,1H3,(H,18,19). The van der Waals surface area contributed by atoms with E-state index in [1.807, 2.05) is 19.1 Å². The molecule has 1 aromatic rings. The Morgan fingerprint density at radius 2 is 2.05 bits per heavy atom. The SMILES string of the molecule is CCC(Oc1ccccc1Cl)C(=O)NC1CCCCC1. The zero-order valence-electron chi connectivity index (χ0n) is 11.9. The van der Waals surface area contributed by atoms with Crippen LogP contribution >= 0.6 is 11.6 Å². The van der Waals surface area contributed by atoms with Gasteiger partial charge in [-0.2, -0.15) is 0 Å². The normalized spacial score (nSPS) is 17.5. The summed E-state index contributed by atoms with van der Waals surface area (Å²) in [6, 6.07) is 7.56. The van der Waals surface area contributed by atoms with Crippen LogP contribution in [0.4, 0.5) is 0 Å². The lowest BCUT2D eigenvalue weighted by molar-refractivity contribution is -0.129. The first-order valence-corrected chi connectivity index (χ1v) is 7.80. The molecule has 0 heterocycles. The molecule has 0 spiro atoms. The van der Waals surface area contributed by atoms with Crippen molar-refractivity contribution >= 4 is 17.5 Å². The highest BCUT2D eigenvalue weighted by molar-refractivity contribution is 6.32. The first-order chi connectivity index (χ1) is 9.70. The summed E-state index contributed by atoms with van der Waals surface area (Å²) in [7, 11) is 0. The van der Waals surface area contributed by atoms with Gasteiger partial charge in [-0.25, -0.2) is 0 Å². The molecule has 1 aliphatic carbocycles. The molecule has 0 aromatic heterocycles. The van der Waals surface area contributed by atoms with Crippen molar-refractivity contribution in [2.24, 2.45) is 0 Å². The number of hydrogen-bond donors (Lipinski definition) is 1. The van der Waals surface area contributed by atoms with Gasteiger partial charge in [0.25, 0.3) is 5.91 Å². The molecule has 4 heteroatoms. The fourth-order valence-corrected chi connectivity index (χ4v) is 2.74. The Kier molecular flexibility index (Phi) is 5.72. The summed E-state index contributed by atoms with van der Waals surface area (Å²) in [5, 5.41) is 3.64. The molecule has 1 aromatic carbocycles. The van der Waals surface area contributed by atoms with E-state index in [0.29, 0.717) is 23.2 Å². The molecule has 1 amide bonds. The van der Waals surface area contributed by atoms with Gasteiger partial charge in [0, 0.05) is 6.04 Å². The van der Waals surface area contributed by atoms with Gasteiger partial charge in [-0.15, -0.1) is 0 Å². The van der Waals surface area contributed by atoms with Crippen molar-refractivity contribution in [3.8, 4) is 5.75 Å². The third-order valence-corrected chi connectivity index (χ3v) is 4.03. The topological polar surface area (TPSA) is 38.3 Å². The van der Waals surface area contributed by atoms with Crippen molar-refractivity contribution in [1.29, 1.82) is 0 Å². The second-order valence-electron chi connectivity index (χ2n) is 5.29. The predicted octanol–water partition coefficient (Wildman–Crippen LogP) is 3.95. The van der Waals surface area contributed by atoms with E-state index in [1.54, 1.807) is 12.1 Å². The molecule has 1 unspecified atom stereocenters. The summed E-state index contributed by atoms with van der Waals surface area (Å²) in [4.78, 5) is 12.3. The van der Waals surface area contributed by atoms with Gasteiger partial charge >= 0.3 is 0 Å². The molecule has 1 N–H and O–H groups in total. The van der Waals surface area contributed by atoms with Crippen molar-refractivity contribution in [1.82, 2.24) is 5.32 Å². The highest BCUT2D eigenvalue weighted by Crippen LogP contribution is 2.25. The Balaban J connectivity index is 1.93. The number of benzene rings is 1. The van der Waals surface area contributed by atoms with Crippen LogP contribution in [0.5, 0.6) is 5.75 Å². The predicted molar refractivity (Wildman–Crippen MR) is 81.2 cm³/mol. The third-order valence-electron chi connectivity index (χ3n) is 3.72. The lowest BCUT2D eigenvalue weighted by atomic mass is 9.95. The molecule has 2 rings (SSSR count). The van der Waals surface area contributed by atoms with Gasteiger partial charge in [0.05, 0.1) is 5.02 Å². The maximum Gasteiger partial charge on any atom is 0.261 e. The van der Waals surface area contributed by atoms with Gasteiger partial charge in [0.2, 0.25) is 0 Å². The molecule has 0 bridgehead atoms. The minimum absolute atomic E-state index is 0.0284. The number of nitrogens with one attached hydrogen (secondary N) is 1. The molecule has 1 aliphatic rings. The van der Waals surface area contributed by atoms with Crippen molar-refractivity contribution in [2.45, 2.75) is 57.6 Å². The Bertz CT molecular complexity index is 444. The van der Waals surface area contributed by atoms with Crippen molar-refractivity contribution in [3.05, 3.63) is 29.3 Å². The molecule has 20 heavy (non-hydrogen) atoms. The minimum atomic E-state index is -0.475. The summed E-state index contributed by atoms with van der Waals surface area (Å²) in [6.45, 7) is 1.95. The monoisotopic (exact) mass is 295 g/mol. The zero-order valence-corrected chi connectivity index (χ0v) is 12.7. The molecule has 0 saturated heterocycles. The number of hydrogen-bond acceptors (Lipinski definition) is 2. The molecule has 110 valence electrons. The molecule has 0 aliphatic heterocycles. The summed E-state index contributed by atoms with van der Waals surface area (Å²) in [5.41, 5.74) is 0. The van der Waals surface area contributed by atoms with Gasteiger partial charge in [0.1, 0.15) is 5.75 Å². The second kappa shape index (κ2) is 7.53. The Labute approximate surface area is 125 Å². The quantitative estimate of drug-likeness (QED) is 0.893. The Hall–Kier alpha value is -1.22. The maximum absolute atomic E-state index is 12.3. The largest absolute Gasteiger partial charge is 0.479 e. The summed E-state index contributed by atoms with van der Waals surface area (Å²) < 4.78 is 5.75. The van der Waals surface area contributed by atoms with E-state index in [0.717, 1.165) is 12.8 Å². The van der Waals surface area contributed by atoms with Crippen LogP contribution in [0.1, 0.15) is 45.4 Å². The summed E-state index contributed by atoms with van der Waals surface area (Å²) in [6.07, 6.45) is 5.99. The van der Waals surface area contributed by atoms with E-state index in [-0.39, 0.29) is 5.91 Å². The van der Waals surface area contributed by atoms with Crippen LogP contribution in [0.25, 0.3) is 0 Å². The number of rotatable bonds is 5. The molecule has 1 saturated carbocycles. The number of carbonyl (C=O) groups is 1. The summed E-state index contributed by atoms with van der Waals surface area (Å²) in [5.74, 6) is 0.541.